The highest BCUT2D eigenvalue weighted by atomic mass is 35.5. The van der Waals surface area contributed by atoms with Crippen LogP contribution in [0, 0.1) is 0 Å². The molecular weight excluding hydrogens is 198 g/mol. The van der Waals surface area contributed by atoms with Crippen LogP contribution in [0.2, 0.25) is 0 Å². The molecule has 0 bridgehead atoms. The zero-order valence-corrected chi connectivity index (χ0v) is 7.02. The van der Waals surface area contributed by atoms with Gasteiger partial charge in [-0.15, -0.1) is 0 Å². The maximum absolute atomic E-state index is 10.4. The largest absolute Gasteiger partial charge is 0.467 e. The summed E-state index contributed by atoms with van der Waals surface area (Å²) in [5, 5.41) is 0. The predicted molar refractivity (Wildman–Crippen MR) is 36.3 cm³/mol. The number of esters is 1. The molecule has 0 amide bonds. The summed E-state index contributed by atoms with van der Waals surface area (Å²) in [6.45, 7) is 0. The van der Waals surface area contributed by atoms with Crippen molar-refractivity contribution in [2.75, 3.05) is 7.11 Å². The normalized spacial score (nSPS) is 14.1. The van der Waals surface area contributed by atoms with Crippen LogP contribution in [0.1, 0.15) is 0 Å². The molecular formula is C3H6ClNO5S. The fourth-order valence-corrected chi connectivity index (χ4v) is 1.07. The van der Waals surface area contributed by atoms with E-state index in [4.69, 9.17) is 16.2 Å². The summed E-state index contributed by atoms with van der Waals surface area (Å²) >= 11 is 5.09. The second-order valence-electron chi connectivity index (χ2n) is 1.48. The molecule has 11 heavy (non-hydrogen) atoms. The van der Waals surface area contributed by atoms with Gasteiger partial charge in [0.05, 0.1) is 7.11 Å². The van der Waals surface area contributed by atoms with Crippen LogP contribution in [0.15, 0.2) is 0 Å². The number of halogens is 1. The van der Waals surface area contributed by atoms with E-state index in [-0.39, 0.29) is 0 Å². The molecule has 8 heteroatoms. The van der Waals surface area contributed by atoms with Crippen LogP contribution >= 0.6 is 11.6 Å². The molecule has 0 aliphatic carbocycles. The Balaban J connectivity index is 4.09. The molecule has 0 aliphatic rings. The van der Waals surface area contributed by atoms with Gasteiger partial charge in [-0.1, -0.05) is 11.6 Å². The van der Waals surface area contributed by atoms with Gasteiger partial charge in [-0.2, -0.15) is 13.1 Å². The van der Waals surface area contributed by atoms with Crippen LogP contribution in [0.3, 0.4) is 0 Å². The molecule has 0 saturated heterocycles. The summed E-state index contributed by atoms with van der Waals surface area (Å²) in [6.07, 6.45) is 0. The number of alkyl halides is 1. The van der Waals surface area contributed by atoms with Gasteiger partial charge in [-0.25, -0.2) is 4.79 Å². The van der Waals surface area contributed by atoms with Crippen molar-refractivity contribution in [3.63, 3.8) is 0 Å². The molecule has 1 unspecified atom stereocenters. The molecule has 2 N–H and O–H groups in total. The summed E-state index contributed by atoms with van der Waals surface area (Å²) < 4.78 is 33.6. The van der Waals surface area contributed by atoms with Crippen molar-refractivity contribution in [3.8, 4) is 0 Å². The van der Waals surface area contributed by atoms with E-state index in [0.29, 0.717) is 0 Å². The lowest BCUT2D eigenvalue weighted by atomic mass is 10.7. The monoisotopic (exact) mass is 203 g/mol. The van der Waals surface area contributed by atoms with Crippen molar-refractivity contribution in [1.82, 2.24) is 4.72 Å². The van der Waals surface area contributed by atoms with Crippen molar-refractivity contribution < 1.29 is 22.5 Å². The first kappa shape index (κ1) is 10.6. The molecule has 0 aromatic carbocycles. The second kappa shape index (κ2) is 3.86. The van der Waals surface area contributed by atoms with Gasteiger partial charge in [0.2, 0.25) is 0 Å². The third kappa shape index (κ3) is 4.96. The van der Waals surface area contributed by atoms with E-state index < -0.39 is 21.8 Å². The first-order chi connectivity index (χ1) is 4.87. The van der Waals surface area contributed by atoms with E-state index in [0.717, 1.165) is 7.11 Å². The highest BCUT2D eigenvalue weighted by Gasteiger charge is 2.20. The number of carbonyl (C=O) groups excluding carboxylic acids is 1. The minimum atomic E-state index is -4.46. The average molecular weight is 204 g/mol. The quantitative estimate of drug-likeness (QED) is 0.269. The van der Waals surface area contributed by atoms with Crippen molar-refractivity contribution in [2.24, 2.45) is 0 Å². The Morgan fingerprint density at radius 2 is 2.18 bits per heavy atom. The van der Waals surface area contributed by atoms with Crippen LogP contribution in [-0.4, -0.2) is 31.6 Å². The van der Waals surface area contributed by atoms with E-state index in [9.17, 15) is 13.2 Å². The number of rotatable bonds is 3. The van der Waals surface area contributed by atoms with Gasteiger partial charge in [-0.05, 0) is 0 Å². The Morgan fingerprint density at radius 1 is 1.73 bits per heavy atom. The van der Waals surface area contributed by atoms with Crippen LogP contribution in [-0.2, 0) is 19.8 Å². The highest BCUT2D eigenvalue weighted by Crippen LogP contribution is 1.94. The Morgan fingerprint density at radius 3 is 2.45 bits per heavy atom. The summed E-state index contributed by atoms with van der Waals surface area (Å²) in [5.74, 6) is -0.996. The van der Waals surface area contributed by atoms with E-state index in [1.807, 2.05) is 0 Å². The topological polar surface area (TPSA) is 92.7 Å². The lowest BCUT2D eigenvalue weighted by Gasteiger charge is -2.05. The lowest BCUT2D eigenvalue weighted by Crippen LogP contribution is -2.36. The van der Waals surface area contributed by atoms with Crippen LogP contribution in [0.5, 0.6) is 0 Å². The van der Waals surface area contributed by atoms with E-state index >= 15 is 0 Å². The number of hydrogen-bond acceptors (Lipinski definition) is 4. The van der Waals surface area contributed by atoms with Gasteiger partial charge >= 0.3 is 16.3 Å². The Bertz CT molecular complexity index is 236. The summed E-state index contributed by atoms with van der Waals surface area (Å²) in [5.41, 5.74) is -1.60. The zero-order chi connectivity index (χ0) is 9.07. The Hall–Kier alpha value is -0.370. The van der Waals surface area contributed by atoms with Crippen molar-refractivity contribution in [1.29, 1.82) is 0 Å². The maximum Gasteiger partial charge on any atom is 0.339 e. The van der Waals surface area contributed by atoms with Gasteiger partial charge in [0.15, 0.2) is 5.50 Å². The molecule has 0 radical (unpaired) electrons. The third-order valence-electron chi connectivity index (χ3n) is 0.661. The predicted octanol–water partition coefficient (Wildman–Crippen LogP) is -0.883. The average Bonchev–Trinajstić information content (AvgIpc) is 1.82. The lowest BCUT2D eigenvalue weighted by molar-refractivity contribution is -0.140. The zero-order valence-electron chi connectivity index (χ0n) is 5.44. The van der Waals surface area contributed by atoms with Crippen LogP contribution in [0.4, 0.5) is 0 Å². The fraction of sp³-hybridized carbons (Fsp3) is 0.667. The molecule has 0 aliphatic heterocycles. The second-order valence-corrected chi connectivity index (χ2v) is 3.10. The van der Waals surface area contributed by atoms with Crippen LogP contribution < -0.4 is 4.72 Å². The van der Waals surface area contributed by atoms with Crippen LogP contribution in [0.25, 0.3) is 0 Å². The molecule has 0 heterocycles. The molecule has 0 rings (SSSR count). The summed E-state index contributed by atoms with van der Waals surface area (Å²) in [4.78, 5) is 10.4. The molecule has 6 nitrogen and oxygen atoms in total. The third-order valence-corrected chi connectivity index (χ3v) is 1.61. The van der Waals surface area contributed by atoms with E-state index in [1.165, 1.54) is 4.72 Å². The summed E-state index contributed by atoms with van der Waals surface area (Å²) in [7, 11) is -3.43. The Kier molecular flexibility index (Phi) is 3.73. The highest BCUT2D eigenvalue weighted by molar-refractivity contribution is 7.83. The minimum Gasteiger partial charge on any atom is -0.467 e. The molecule has 0 fully saturated rings. The molecule has 0 aromatic heterocycles. The van der Waals surface area contributed by atoms with E-state index in [2.05, 4.69) is 4.74 Å². The van der Waals surface area contributed by atoms with Crippen molar-refractivity contribution in [3.05, 3.63) is 0 Å². The van der Waals surface area contributed by atoms with Gasteiger partial charge in [0.1, 0.15) is 0 Å². The molecule has 1 atom stereocenters. The molecule has 0 spiro atoms. The van der Waals surface area contributed by atoms with E-state index in [1.54, 1.807) is 0 Å². The number of ether oxygens (including phenoxy) is 1. The van der Waals surface area contributed by atoms with Crippen molar-refractivity contribution >= 4 is 27.9 Å². The smallest absolute Gasteiger partial charge is 0.339 e. The number of methoxy groups -OCH3 is 1. The minimum absolute atomic E-state index is 0.996. The number of carbonyl (C=O) groups is 1. The van der Waals surface area contributed by atoms with Gasteiger partial charge < -0.3 is 4.74 Å². The SMILES string of the molecule is COC(=O)C(Cl)NS(=O)(=O)O. The van der Waals surface area contributed by atoms with Gasteiger partial charge in [0, 0.05) is 0 Å². The number of hydrogen-bond donors (Lipinski definition) is 2. The maximum atomic E-state index is 10.4. The first-order valence-corrected chi connectivity index (χ1v) is 4.21. The standard InChI is InChI=1S/C3H6ClNO5S/c1-10-3(6)2(4)5-11(7,8)9/h2,5H,1H3,(H,7,8,9). The van der Waals surface area contributed by atoms with Gasteiger partial charge in [-0.3, -0.25) is 4.55 Å². The molecule has 0 aromatic rings. The molecule has 66 valence electrons. The Labute approximate surface area is 68.4 Å². The fourth-order valence-electron chi connectivity index (χ4n) is 0.282. The summed E-state index contributed by atoms with van der Waals surface area (Å²) in [6, 6.07) is 0. The van der Waals surface area contributed by atoms with Crippen molar-refractivity contribution in [2.45, 2.75) is 5.50 Å². The van der Waals surface area contributed by atoms with Gasteiger partial charge in [0.25, 0.3) is 0 Å². The first-order valence-electron chi connectivity index (χ1n) is 2.33. The molecule has 0 saturated carbocycles. The number of nitrogens with one attached hydrogen (secondary N) is 1.